The predicted molar refractivity (Wildman–Crippen MR) is 187 cm³/mol. The van der Waals surface area contributed by atoms with Crippen molar-refractivity contribution in [1.29, 1.82) is 0 Å². The zero-order chi connectivity index (χ0) is 33.5. The number of fused-ring (bicyclic) bond motifs is 6. The number of hydrogen-bond acceptors (Lipinski definition) is 6. The normalized spacial score (nSPS) is 17.9. The first kappa shape index (κ1) is 30.9. The van der Waals surface area contributed by atoms with Gasteiger partial charge in [-0.05, 0) is 62.1 Å². The lowest BCUT2D eigenvalue weighted by Gasteiger charge is -2.51. The maximum absolute atomic E-state index is 16.9. The minimum absolute atomic E-state index is 0.0121. The van der Waals surface area contributed by atoms with Gasteiger partial charge in [-0.15, -0.1) is 0 Å². The van der Waals surface area contributed by atoms with Crippen LogP contribution in [0.15, 0.2) is 54.1 Å². The molecule has 9 nitrogen and oxygen atoms in total. The summed E-state index contributed by atoms with van der Waals surface area (Å²) in [5.41, 5.74) is 5.86. The number of benzene rings is 2. The standard InChI is InChI=1S/C36H37ClFN7O2/c1-8-27(46)43-17-22-16-42(7)35-34(44(22)15-21(43)6)23-13-25(38)29(28-19(4)9-10-26-24(28)14-40-41-26)30(37)33(23)45(36(35)47)32-20(5)11-12-39-31(32)18(2)3/h8-14,18,21-22H,1,15-17H2,2-7H3,(H,40,41). The summed E-state index contributed by atoms with van der Waals surface area (Å²) in [6, 6.07) is 6.91. The van der Waals surface area contributed by atoms with Crippen LogP contribution < -0.4 is 15.4 Å². The van der Waals surface area contributed by atoms with E-state index in [2.05, 4.69) is 21.7 Å². The molecular weight excluding hydrogens is 617 g/mol. The lowest BCUT2D eigenvalue weighted by molar-refractivity contribution is -0.128. The molecule has 5 aromatic rings. The van der Waals surface area contributed by atoms with E-state index in [1.165, 1.54) is 12.1 Å². The molecule has 1 amide bonds. The second kappa shape index (κ2) is 11.2. The highest BCUT2D eigenvalue weighted by molar-refractivity contribution is 6.39. The van der Waals surface area contributed by atoms with Gasteiger partial charge in [-0.2, -0.15) is 5.10 Å². The number of nitrogens with one attached hydrogen (secondary N) is 1. The molecule has 47 heavy (non-hydrogen) atoms. The van der Waals surface area contributed by atoms with Crippen molar-refractivity contribution in [2.75, 3.05) is 36.5 Å². The SMILES string of the molecule is C=CC(=O)N1CC2CN(C)c3c(c4cc(F)c(-c5c(C)ccc6[nH]ncc56)c(Cl)c4n(-c4c(C)ccnc4C(C)C)c3=O)N2CC1C. The Kier molecular flexibility index (Phi) is 7.39. The number of rotatable bonds is 4. The number of H-pyrrole nitrogens is 1. The van der Waals surface area contributed by atoms with Gasteiger partial charge >= 0.3 is 0 Å². The molecule has 1 N–H and O–H groups in total. The van der Waals surface area contributed by atoms with Crippen molar-refractivity contribution in [2.24, 2.45) is 0 Å². The molecule has 0 bridgehead atoms. The van der Waals surface area contributed by atoms with Gasteiger partial charge in [0, 0.05) is 60.8 Å². The zero-order valence-electron chi connectivity index (χ0n) is 27.4. The van der Waals surface area contributed by atoms with Crippen LogP contribution in [0.5, 0.6) is 0 Å². The van der Waals surface area contributed by atoms with Crippen molar-refractivity contribution < 1.29 is 9.18 Å². The van der Waals surface area contributed by atoms with Gasteiger partial charge < -0.3 is 14.7 Å². The quantitative estimate of drug-likeness (QED) is 0.223. The molecule has 2 unspecified atom stereocenters. The van der Waals surface area contributed by atoms with Crippen molar-refractivity contribution >= 4 is 50.7 Å². The summed E-state index contributed by atoms with van der Waals surface area (Å²) in [5, 5.41) is 8.58. The number of halogens is 2. The van der Waals surface area contributed by atoms with E-state index < -0.39 is 5.82 Å². The van der Waals surface area contributed by atoms with Crippen molar-refractivity contribution in [3.05, 3.63) is 87.3 Å². The Morgan fingerprint density at radius 1 is 1.09 bits per heavy atom. The first-order valence-electron chi connectivity index (χ1n) is 15.8. The summed E-state index contributed by atoms with van der Waals surface area (Å²) in [6.45, 7) is 15.0. The maximum Gasteiger partial charge on any atom is 0.281 e. The number of aromatic amines is 1. The van der Waals surface area contributed by atoms with Gasteiger partial charge in [0.2, 0.25) is 5.91 Å². The highest BCUT2D eigenvalue weighted by Gasteiger charge is 2.41. The van der Waals surface area contributed by atoms with E-state index in [1.54, 1.807) is 17.0 Å². The number of anilines is 2. The van der Waals surface area contributed by atoms with Gasteiger partial charge in [-0.3, -0.25) is 24.2 Å². The topological polar surface area (TPSA) is 90.4 Å². The van der Waals surface area contributed by atoms with Crippen molar-refractivity contribution in [3.63, 3.8) is 0 Å². The molecule has 1 saturated heterocycles. The zero-order valence-corrected chi connectivity index (χ0v) is 28.1. The minimum Gasteiger partial charge on any atom is -0.366 e. The molecule has 2 atom stereocenters. The fraction of sp³-hybridized carbons (Fsp3) is 0.333. The Hall–Kier alpha value is -4.70. The number of amides is 1. The number of pyridine rings is 2. The fourth-order valence-electron chi connectivity index (χ4n) is 7.56. The number of carbonyl (C=O) groups excluding carboxylic acids is 1. The lowest BCUT2D eigenvalue weighted by atomic mass is 9.93. The highest BCUT2D eigenvalue weighted by atomic mass is 35.5. The molecule has 7 rings (SSSR count). The van der Waals surface area contributed by atoms with Crippen LogP contribution in [0.25, 0.3) is 38.6 Å². The van der Waals surface area contributed by atoms with Crippen LogP contribution in [0.2, 0.25) is 5.02 Å². The largest absolute Gasteiger partial charge is 0.366 e. The van der Waals surface area contributed by atoms with Gasteiger partial charge in [0.15, 0.2) is 0 Å². The lowest BCUT2D eigenvalue weighted by Crippen LogP contribution is -2.64. The minimum atomic E-state index is -0.503. The van der Waals surface area contributed by atoms with Crippen LogP contribution >= 0.6 is 11.6 Å². The van der Waals surface area contributed by atoms with Gasteiger partial charge in [0.25, 0.3) is 5.56 Å². The molecule has 2 aliphatic rings. The number of nitrogens with zero attached hydrogens (tertiary/aromatic N) is 6. The van der Waals surface area contributed by atoms with E-state index in [0.717, 1.165) is 27.7 Å². The predicted octanol–water partition coefficient (Wildman–Crippen LogP) is 6.50. The van der Waals surface area contributed by atoms with Crippen LogP contribution in [0.1, 0.15) is 43.5 Å². The Labute approximate surface area is 277 Å². The van der Waals surface area contributed by atoms with E-state index in [1.807, 2.05) is 69.7 Å². The second-order valence-corrected chi connectivity index (χ2v) is 13.5. The second-order valence-electron chi connectivity index (χ2n) is 13.1. The van der Waals surface area contributed by atoms with Crippen LogP contribution in [-0.2, 0) is 4.79 Å². The van der Waals surface area contributed by atoms with Gasteiger partial charge in [-0.1, -0.05) is 38.1 Å². The molecule has 1 fully saturated rings. The summed E-state index contributed by atoms with van der Waals surface area (Å²) in [4.78, 5) is 38.5. The fourth-order valence-corrected chi connectivity index (χ4v) is 7.94. The maximum atomic E-state index is 16.9. The number of piperazine rings is 1. The number of likely N-dealkylation sites (N-methyl/N-ethyl adjacent to an activating group) is 1. The molecule has 0 radical (unpaired) electrons. The summed E-state index contributed by atoms with van der Waals surface area (Å²) in [7, 11) is 1.88. The molecule has 5 heterocycles. The molecule has 3 aromatic heterocycles. The van der Waals surface area contributed by atoms with E-state index in [0.29, 0.717) is 53.2 Å². The third-order valence-corrected chi connectivity index (χ3v) is 10.1. The van der Waals surface area contributed by atoms with E-state index in [4.69, 9.17) is 16.6 Å². The molecule has 242 valence electrons. The van der Waals surface area contributed by atoms with Gasteiger partial charge in [-0.25, -0.2) is 4.39 Å². The average molecular weight is 654 g/mol. The summed E-state index contributed by atoms with van der Waals surface area (Å²) < 4.78 is 18.5. The highest BCUT2D eigenvalue weighted by Crippen LogP contribution is 2.48. The van der Waals surface area contributed by atoms with E-state index >= 15 is 9.18 Å². The summed E-state index contributed by atoms with van der Waals surface area (Å²) in [6.07, 6.45) is 4.75. The Morgan fingerprint density at radius 2 is 1.85 bits per heavy atom. The average Bonchev–Trinajstić information content (AvgIpc) is 3.51. The number of hydrogen-bond donors (Lipinski definition) is 1. The number of aromatic nitrogens is 4. The molecular formula is C36H37ClFN7O2. The van der Waals surface area contributed by atoms with Crippen LogP contribution in [-0.4, -0.2) is 69.3 Å². The van der Waals surface area contributed by atoms with E-state index in [9.17, 15) is 4.79 Å². The summed E-state index contributed by atoms with van der Waals surface area (Å²) >= 11 is 7.45. The smallest absolute Gasteiger partial charge is 0.281 e. The monoisotopic (exact) mass is 653 g/mol. The molecule has 0 aliphatic carbocycles. The van der Waals surface area contributed by atoms with Crippen molar-refractivity contribution in [1.82, 2.24) is 24.6 Å². The molecule has 0 saturated carbocycles. The van der Waals surface area contributed by atoms with Crippen LogP contribution in [0.3, 0.4) is 0 Å². The van der Waals surface area contributed by atoms with Gasteiger partial charge in [0.05, 0.1) is 45.4 Å². The summed E-state index contributed by atoms with van der Waals surface area (Å²) in [5.74, 6) is -0.652. The Morgan fingerprint density at radius 3 is 2.57 bits per heavy atom. The van der Waals surface area contributed by atoms with E-state index in [-0.39, 0.29) is 40.1 Å². The molecule has 2 aromatic carbocycles. The first-order chi connectivity index (χ1) is 22.4. The first-order valence-corrected chi connectivity index (χ1v) is 16.2. The molecule has 0 spiro atoms. The third kappa shape index (κ3) is 4.56. The number of carbonyl (C=O) groups is 1. The molecule has 11 heteroatoms. The van der Waals surface area contributed by atoms with Gasteiger partial charge in [0.1, 0.15) is 11.5 Å². The Balaban J connectivity index is 1.63. The number of aryl methyl sites for hydroxylation is 2. The Bertz CT molecular complexity index is 2190. The third-order valence-electron chi connectivity index (χ3n) is 9.76. The van der Waals surface area contributed by atoms with Crippen LogP contribution in [0.4, 0.5) is 15.8 Å². The van der Waals surface area contributed by atoms with Crippen LogP contribution in [0, 0.1) is 19.7 Å². The molecule has 2 aliphatic heterocycles. The van der Waals surface area contributed by atoms with Crippen molar-refractivity contribution in [3.8, 4) is 16.8 Å². The van der Waals surface area contributed by atoms with Crippen molar-refractivity contribution in [2.45, 2.75) is 52.6 Å².